The van der Waals surface area contributed by atoms with Crippen LogP contribution in [0.3, 0.4) is 0 Å². The topological polar surface area (TPSA) is 52.8 Å². The van der Waals surface area contributed by atoms with E-state index in [0.717, 1.165) is 49.8 Å². The molecule has 0 radical (unpaired) electrons. The maximum Gasteiger partial charge on any atom is 0.0925 e. The highest BCUT2D eigenvalue weighted by atomic mass is 16.4. The van der Waals surface area contributed by atoms with Gasteiger partial charge in [0.15, 0.2) is 0 Å². The molecule has 3 heteroatoms. The van der Waals surface area contributed by atoms with Crippen molar-refractivity contribution in [2.24, 2.45) is 21.4 Å². The molecule has 0 aromatic rings. The van der Waals surface area contributed by atoms with Crippen molar-refractivity contribution in [1.29, 1.82) is 0 Å². The number of nitrogens with zero attached hydrogens (tertiary/aromatic N) is 1. The summed E-state index contributed by atoms with van der Waals surface area (Å²) in [6.07, 6.45) is 5.54. The number of hydrogen-bond donors (Lipinski definition) is 2. The first-order valence-electron chi connectivity index (χ1n) is 8.14. The molecule has 0 aromatic carbocycles. The number of oxime groups is 1. The molecular formula is C18H29NO2. The van der Waals surface area contributed by atoms with Crippen LogP contribution in [0.1, 0.15) is 73.1 Å². The van der Waals surface area contributed by atoms with Gasteiger partial charge in [-0.2, -0.15) is 0 Å². The zero-order valence-electron chi connectivity index (χ0n) is 14.1. The third kappa shape index (κ3) is 2.44. The Morgan fingerprint density at radius 2 is 1.52 bits per heavy atom. The first-order valence-corrected chi connectivity index (χ1v) is 8.14. The van der Waals surface area contributed by atoms with E-state index in [0.29, 0.717) is 0 Å². The van der Waals surface area contributed by atoms with E-state index in [1.807, 2.05) is 0 Å². The fourth-order valence-electron chi connectivity index (χ4n) is 5.97. The quantitative estimate of drug-likeness (QED) is 0.517. The van der Waals surface area contributed by atoms with Gasteiger partial charge in [-0.3, -0.25) is 0 Å². The fraction of sp³-hybridized carbons (Fsp3) is 0.833. The van der Waals surface area contributed by atoms with Gasteiger partial charge in [-0.25, -0.2) is 0 Å². The molecule has 118 valence electrons. The molecule has 2 N–H and O–H groups in total. The molecule has 2 bridgehead atoms. The lowest BCUT2D eigenvalue weighted by Crippen LogP contribution is -2.54. The van der Waals surface area contributed by atoms with Crippen molar-refractivity contribution in [2.75, 3.05) is 0 Å². The van der Waals surface area contributed by atoms with E-state index in [2.05, 4.69) is 39.8 Å². The zero-order valence-corrected chi connectivity index (χ0v) is 14.1. The Morgan fingerprint density at radius 3 is 2.14 bits per heavy atom. The molecule has 2 unspecified atom stereocenters. The van der Waals surface area contributed by atoms with Crippen LogP contribution in [0.25, 0.3) is 0 Å². The number of rotatable bonds is 0. The highest BCUT2D eigenvalue weighted by Gasteiger charge is 2.56. The average Bonchev–Trinajstić information content (AvgIpc) is 2.20. The van der Waals surface area contributed by atoms with E-state index in [1.165, 1.54) is 5.57 Å². The van der Waals surface area contributed by atoms with Crippen LogP contribution in [0.15, 0.2) is 16.3 Å². The van der Waals surface area contributed by atoms with Crippen molar-refractivity contribution in [3.8, 4) is 0 Å². The van der Waals surface area contributed by atoms with Gasteiger partial charge in [0, 0.05) is 5.57 Å². The minimum absolute atomic E-state index is 0.119. The number of allylic oxidation sites excluding steroid dienone is 1. The molecule has 1 fully saturated rings. The summed E-state index contributed by atoms with van der Waals surface area (Å²) in [5.74, 6) is 0. The summed E-state index contributed by atoms with van der Waals surface area (Å²) in [6, 6.07) is 0. The number of aliphatic hydroxyl groups is 1. The summed E-state index contributed by atoms with van der Waals surface area (Å²) < 4.78 is 0. The van der Waals surface area contributed by atoms with E-state index >= 15 is 0 Å². The van der Waals surface area contributed by atoms with Gasteiger partial charge in [-0.05, 0) is 54.8 Å². The van der Waals surface area contributed by atoms with Crippen LogP contribution in [-0.2, 0) is 0 Å². The zero-order chi connectivity index (χ0) is 15.7. The highest BCUT2D eigenvalue weighted by molar-refractivity contribution is 6.03. The second-order valence-electron chi connectivity index (χ2n) is 9.76. The van der Waals surface area contributed by atoms with Crippen molar-refractivity contribution in [1.82, 2.24) is 0 Å². The molecule has 3 aliphatic carbocycles. The van der Waals surface area contributed by atoms with E-state index in [-0.39, 0.29) is 16.2 Å². The molecule has 0 aliphatic heterocycles. The summed E-state index contributed by atoms with van der Waals surface area (Å²) in [5.41, 5.74) is 2.66. The van der Waals surface area contributed by atoms with Gasteiger partial charge in [-0.15, -0.1) is 0 Å². The van der Waals surface area contributed by atoms with Gasteiger partial charge in [0.2, 0.25) is 0 Å². The van der Waals surface area contributed by atoms with Crippen molar-refractivity contribution < 1.29 is 10.3 Å². The Morgan fingerprint density at radius 1 is 0.857 bits per heavy atom. The minimum Gasteiger partial charge on any atom is -0.411 e. The first-order chi connectivity index (χ1) is 9.48. The largest absolute Gasteiger partial charge is 0.411 e. The number of fused-ring (bicyclic) bond motifs is 3. The monoisotopic (exact) mass is 291 g/mol. The summed E-state index contributed by atoms with van der Waals surface area (Å²) in [5, 5.41) is 24.5. The molecule has 3 rings (SSSR count). The van der Waals surface area contributed by atoms with E-state index in [9.17, 15) is 10.3 Å². The van der Waals surface area contributed by atoms with Gasteiger partial charge in [0.05, 0.1) is 11.3 Å². The first kappa shape index (κ1) is 15.1. The Bertz CT molecular complexity index is 543. The lowest BCUT2D eigenvalue weighted by atomic mass is 9.49. The predicted octanol–water partition coefficient (Wildman–Crippen LogP) is 4.28. The van der Waals surface area contributed by atoms with Crippen LogP contribution in [-0.4, -0.2) is 21.6 Å². The van der Waals surface area contributed by atoms with E-state index in [4.69, 9.17) is 0 Å². The SMILES string of the molecule is CC1(C)CC2=C(/C(=N/O)C1)C1(O)CC(C)(C)CC(C)(C2)C1. The third-order valence-electron chi connectivity index (χ3n) is 5.60. The number of hydrogen-bond acceptors (Lipinski definition) is 3. The smallest absolute Gasteiger partial charge is 0.0925 e. The van der Waals surface area contributed by atoms with Gasteiger partial charge in [-0.1, -0.05) is 45.3 Å². The van der Waals surface area contributed by atoms with Gasteiger partial charge >= 0.3 is 0 Å². The summed E-state index contributed by atoms with van der Waals surface area (Å²) in [4.78, 5) is 0. The Hall–Kier alpha value is -0.830. The highest BCUT2D eigenvalue weighted by Crippen LogP contribution is 2.61. The normalized spacial score (nSPS) is 42.9. The molecule has 0 saturated heterocycles. The van der Waals surface area contributed by atoms with Crippen molar-refractivity contribution in [3.63, 3.8) is 0 Å². The standard InChI is InChI=1S/C18H29NO2/c1-15(2)6-12-7-17(5)9-16(3,4)10-18(20,11-17)14(12)13(8-15)19-21/h20-21H,6-11H2,1-5H3/b19-13+. The van der Waals surface area contributed by atoms with Crippen molar-refractivity contribution in [2.45, 2.75) is 78.7 Å². The molecule has 0 amide bonds. The molecule has 2 atom stereocenters. The molecular weight excluding hydrogens is 262 g/mol. The van der Waals surface area contributed by atoms with Crippen LogP contribution in [0.4, 0.5) is 0 Å². The second kappa shape index (κ2) is 4.13. The lowest BCUT2D eigenvalue weighted by molar-refractivity contribution is -0.0756. The Labute approximate surface area is 128 Å². The summed E-state index contributed by atoms with van der Waals surface area (Å²) in [6.45, 7) is 11.3. The molecule has 3 aliphatic rings. The Kier molecular flexibility index (Phi) is 2.96. The summed E-state index contributed by atoms with van der Waals surface area (Å²) >= 11 is 0. The predicted molar refractivity (Wildman–Crippen MR) is 84.6 cm³/mol. The Balaban J connectivity index is 2.15. The third-order valence-corrected chi connectivity index (χ3v) is 5.60. The lowest BCUT2D eigenvalue weighted by Gasteiger charge is -2.57. The van der Waals surface area contributed by atoms with Crippen molar-refractivity contribution in [3.05, 3.63) is 11.1 Å². The molecule has 3 nitrogen and oxygen atoms in total. The molecule has 0 spiro atoms. The minimum atomic E-state index is -0.803. The van der Waals surface area contributed by atoms with E-state index in [1.54, 1.807) is 0 Å². The van der Waals surface area contributed by atoms with Crippen LogP contribution < -0.4 is 0 Å². The van der Waals surface area contributed by atoms with Crippen molar-refractivity contribution >= 4 is 5.71 Å². The molecule has 0 heterocycles. The second-order valence-corrected chi connectivity index (χ2v) is 9.76. The van der Waals surface area contributed by atoms with Gasteiger partial charge < -0.3 is 10.3 Å². The fourth-order valence-corrected chi connectivity index (χ4v) is 5.97. The molecule has 1 saturated carbocycles. The van der Waals surface area contributed by atoms with Crippen LogP contribution in [0, 0.1) is 16.2 Å². The molecule has 21 heavy (non-hydrogen) atoms. The van der Waals surface area contributed by atoms with Crippen LogP contribution in [0.5, 0.6) is 0 Å². The average molecular weight is 291 g/mol. The maximum atomic E-state index is 11.4. The van der Waals surface area contributed by atoms with Crippen LogP contribution in [0.2, 0.25) is 0 Å². The van der Waals surface area contributed by atoms with E-state index < -0.39 is 5.60 Å². The van der Waals surface area contributed by atoms with Gasteiger partial charge in [0.1, 0.15) is 0 Å². The van der Waals surface area contributed by atoms with Gasteiger partial charge in [0.25, 0.3) is 0 Å². The van der Waals surface area contributed by atoms with Crippen LogP contribution >= 0.6 is 0 Å². The molecule has 0 aromatic heterocycles. The maximum absolute atomic E-state index is 11.4. The summed E-state index contributed by atoms with van der Waals surface area (Å²) in [7, 11) is 0.